The van der Waals surface area contributed by atoms with E-state index in [1.54, 1.807) is 0 Å². The molecule has 0 atom stereocenters. The zero-order valence-electron chi connectivity index (χ0n) is 38.4. The molecule has 9 rings (SSSR count). The number of aryl methyl sites for hydroxylation is 3. The van der Waals surface area contributed by atoms with Crippen molar-refractivity contribution >= 4 is 77.0 Å². The lowest BCUT2D eigenvalue weighted by molar-refractivity contribution is 0.305. The average Bonchev–Trinajstić information content (AvgIpc) is 4.13. The molecular weight excluding hydrogens is 924 g/mol. The number of fused-ring (bicyclic) bond motifs is 8. The fraction of sp³-hybridized carbons (Fsp3) is 0.207. The second kappa shape index (κ2) is 18.7. The number of hydrogen-bond acceptors (Lipinski definition) is 3. The number of H-pyrrole nitrogens is 2. The van der Waals surface area contributed by atoms with Crippen molar-refractivity contribution in [2.24, 2.45) is 0 Å². The molecule has 2 aliphatic heterocycles. The molecule has 0 saturated carbocycles. The number of rotatable bonds is 10. The summed E-state index contributed by atoms with van der Waals surface area (Å²) in [5.74, 6) is 4.32. The number of aromatic amines is 2. The van der Waals surface area contributed by atoms with Crippen molar-refractivity contribution in [1.29, 1.82) is 0 Å². The maximum Gasteiger partial charge on any atom is 0.129 e. The van der Waals surface area contributed by atoms with Gasteiger partial charge in [0.2, 0.25) is 0 Å². The predicted molar refractivity (Wildman–Crippen MR) is 287 cm³/mol. The second-order valence-corrected chi connectivity index (χ2v) is 24.3. The van der Waals surface area contributed by atoms with Gasteiger partial charge in [-0.3, -0.25) is 0 Å². The minimum Gasteiger partial charge on any atom is -0.494 e. The van der Waals surface area contributed by atoms with E-state index in [1.807, 2.05) is 0 Å². The van der Waals surface area contributed by atoms with E-state index in [0.717, 1.165) is 102 Å². The minimum atomic E-state index is -1.55. The molecule has 2 aliphatic rings. The van der Waals surface area contributed by atoms with Crippen LogP contribution in [0.1, 0.15) is 77.6 Å². The lowest BCUT2D eigenvalue weighted by atomic mass is 9.92. The van der Waals surface area contributed by atoms with Crippen molar-refractivity contribution in [2.75, 3.05) is 6.61 Å². The summed E-state index contributed by atoms with van der Waals surface area (Å²) >= 11 is 2.38. The van der Waals surface area contributed by atoms with E-state index in [4.69, 9.17) is 14.7 Å². The van der Waals surface area contributed by atoms with Gasteiger partial charge in [-0.15, -0.1) is 5.54 Å². The highest BCUT2D eigenvalue weighted by molar-refractivity contribution is 14.1. The standard InChI is InChI=1S/C58H55IN4OSi/c1-8-9-10-11-33-64-45-22-18-43(19-23-45)57-48-26-24-46(60-48)55(41-14-12-40(13-15-41)32-34-65(5,6)7)50-28-30-52(62-50)58(54-38(3)35-37(2)36-39(54)4)53-31-29-51(63-53)56(47-25-27-49(57)61-47)42-16-20-44(59)21-17-42/h12-31,35-36,61-62H,8-11,33H2,1-7H3. The lowest BCUT2D eigenvalue weighted by Crippen LogP contribution is -2.16. The van der Waals surface area contributed by atoms with Crippen LogP contribution in [0.2, 0.25) is 19.6 Å². The molecule has 0 amide bonds. The van der Waals surface area contributed by atoms with Crippen LogP contribution in [0.15, 0.2) is 109 Å². The number of benzene rings is 4. The smallest absolute Gasteiger partial charge is 0.129 e. The Morgan fingerprint density at radius 3 is 1.46 bits per heavy atom. The van der Waals surface area contributed by atoms with Gasteiger partial charge in [-0.05, 0) is 168 Å². The van der Waals surface area contributed by atoms with Crippen molar-refractivity contribution in [2.45, 2.75) is 73.0 Å². The lowest BCUT2D eigenvalue weighted by Gasteiger charge is -2.13. The van der Waals surface area contributed by atoms with E-state index < -0.39 is 8.07 Å². The first-order chi connectivity index (χ1) is 31.4. The third kappa shape index (κ3) is 9.61. The van der Waals surface area contributed by atoms with Gasteiger partial charge < -0.3 is 14.7 Å². The number of nitrogens with one attached hydrogen (secondary N) is 2. The van der Waals surface area contributed by atoms with Crippen molar-refractivity contribution < 1.29 is 4.74 Å². The predicted octanol–water partition coefficient (Wildman–Crippen LogP) is 16.0. The fourth-order valence-electron chi connectivity index (χ4n) is 8.99. The Kier molecular flexibility index (Phi) is 12.7. The Morgan fingerprint density at radius 1 is 0.538 bits per heavy atom. The van der Waals surface area contributed by atoms with E-state index in [-0.39, 0.29) is 0 Å². The monoisotopic (exact) mass is 978 g/mol. The summed E-state index contributed by atoms with van der Waals surface area (Å²) < 4.78 is 7.39. The molecule has 324 valence electrons. The highest BCUT2D eigenvalue weighted by Crippen LogP contribution is 2.40. The summed E-state index contributed by atoms with van der Waals surface area (Å²) in [5.41, 5.74) is 24.2. The van der Waals surface area contributed by atoms with Crippen LogP contribution in [0, 0.1) is 35.8 Å². The molecule has 8 bridgehead atoms. The summed E-state index contributed by atoms with van der Waals surface area (Å²) in [6.45, 7) is 16.4. The number of ether oxygens (including phenoxy) is 1. The molecule has 2 N–H and O–H groups in total. The van der Waals surface area contributed by atoms with E-state index in [2.05, 4.69) is 225 Å². The quantitative estimate of drug-likeness (QED) is 0.0621. The summed E-state index contributed by atoms with van der Waals surface area (Å²) in [6.07, 6.45) is 13.3. The molecule has 0 saturated heterocycles. The molecule has 5 heterocycles. The van der Waals surface area contributed by atoms with Gasteiger partial charge in [0.05, 0.1) is 29.4 Å². The van der Waals surface area contributed by atoms with Crippen LogP contribution in [0.5, 0.6) is 5.75 Å². The first-order valence-electron chi connectivity index (χ1n) is 22.8. The minimum absolute atomic E-state index is 0.715. The van der Waals surface area contributed by atoms with Gasteiger partial charge in [0.25, 0.3) is 0 Å². The van der Waals surface area contributed by atoms with E-state index in [9.17, 15) is 0 Å². The van der Waals surface area contributed by atoms with Crippen LogP contribution in [-0.2, 0) is 0 Å². The summed E-state index contributed by atoms with van der Waals surface area (Å²) in [5, 5.41) is 0. The molecule has 0 spiro atoms. The van der Waals surface area contributed by atoms with Gasteiger partial charge in [0.15, 0.2) is 0 Å². The molecule has 0 radical (unpaired) electrons. The third-order valence-corrected chi connectivity index (χ3v) is 13.6. The third-order valence-electron chi connectivity index (χ3n) is 12.0. The van der Waals surface area contributed by atoms with Crippen LogP contribution in [0.4, 0.5) is 0 Å². The van der Waals surface area contributed by atoms with E-state index in [0.29, 0.717) is 6.61 Å². The SMILES string of the molecule is CCCCCCOc1ccc(-c2c3nc(c(-c4ccc(C#C[Si](C)(C)C)cc4)c4ccc([nH]4)c(-c4c(C)cc(C)cc4C)c4nc(c(-c5ccc(I)cc5)c5ccc2[nH]5)C=C4)C=C3)cc1. The molecular formula is C58H55IN4OSi. The number of hydrogen-bond donors (Lipinski definition) is 2. The fourth-order valence-corrected chi connectivity index (χ4v) is 9.87. The molecule has 0 fully saturated rings. The molecule has 0 unspecified atom stereocenters. The Labute approximate surface area is 398 Å². The molecule has 5 nitrogen and oxygen atoms in total. The van der Waals surface area contributed by atoms with Gasteiger partial charge in [0.1, 0.15) is 13.8 Å². The molecule has 7 heteroatoms. The van der Waals surface area contributed by atoms with Crippen molar-refractivity contribution in [3.63, 3.8) is 0 Å². The topological polar surface area (TPSA) is 66.6 Å². The zero-order valence-corrected chi connectivity index (χ0v) is 41.6. The average molecular weight is 979 g/mol. The van der Waals surface area contributed by atoms with Crippen molar-refractivity contribution in [1.82, 2.24) is 19.9 Å². The van der Waals surface area contributed by atoms with Gasteiger partial charge in [0, 0.05) is 53.5 Å². The van der Waals surface area contributed by atoms with Crippen molar-refractivity contribution in [3.8, 4) is 61.7 Å². The van der Waals surface area contributed by atoms with E-state index >= 15 is 0 Å². The number of nitrogens with zero attached hydrogens (tertiary/aromatic N) is 2. The molecule has 65 heavy (non-hydrogen) atoms. The normalized spacial score (nSPS) is 12.1. The van der Waals surface area contributed by atoms with Gasteiger partial charge in [-0.25, -0.2) is 9.97 Å². The van der Waals surface area contributed by atoms with E-state index in [1.165, 1.54) is 45.1 Å². The Balaban J connectivity index is 1.36. The Hall–Kier alpha value is -6.21. The van der Waals surface area contributed by atoms with Crippen LogP contribution in [-0.4, -0.2) is 34.6 Å². The van der Waals surface area contributed by atoms with Gasteiger partial charge in [-0.1, -0.05) is 106 Å². The van der Waals surface area contributed by atoms with Crippen LogP contribution < -0.4 is 4.74 Å². The number of halogens is 1. The van der Waals surface area contributed by atoms with Crippen LogP contribution >= 0.6 is 22.6 Å². The maximum atomic E-state index is 6.21. The number of aromatic nitrogens is 4. The highest BCUT2D eigenvalue weighted by Gasteiger charge is 2.21. The van der Waals surface area contributed by atoms with Crippen LogP contribution in [0.3, 0.4) is 0 Å². The molecule has 0 aliphatic carbocycles. The van der Waals surface area contributed by atoms with Crippen LogP contribution in [0.25, 0.3) is 90.9 Å². The first kappa shape index (κ1) is 44.0. The Bertz CT molecular complexity index is 3200. The Morgan fingerprint density at radius 2 is 0.985 bits per heavy atom. The van der Waals surface area contributed by atoms with Gasteiger partial charge >= 0.3 is 0 Å². The number of unbranched alkanes of at least 4 members (excludes halogenated alkanes) is 3. The van der Waals surface area contributed by atoms with Crippen molar-refractivity contribution in [3.05, 3.63) is 158 Å². The molecule has 7 aromatic rings. The first-order valence-corrected chi connectivity index (χ1v) is 27.4. The summed E-state index contributed by atoms with van der Waals surface area (Å²) in [6, 6.07) is 39.2. The maximum absolute atomic E-state index is 6.21. The second-order valence-electron chi connectivity index (χ2n) is 18.3. The van der Waals surface area contributed by atoms with Gasteiger partial charge in [-0.2, -0.15) is 0 Å². The summed E-state index contributed by atoms with van der Waals surface area (Å²) in [4.78, 5) is 18.9. The largest absolute Gasteiger partial charge is 0.494 e. The zero-order chi connectivity index (χ0) is 45.2. The molecule has 4 aromatic carbocycles. The highest BCUT2D eigenvalue weighted by atomic mass is 127. The summed E-state index contributed by atoms with van der Waals surface area (Å²) in [7, 11) is -1.55. The molecule has 3 aromatic heterocycles.